The number of halogens is 7. The first-order valence-corrected chi connectivity index (χ1v) is 4.39. The van der Waals surface area contributed by atoms with E-state index in [9.17, 15) is 26.3 Å². The maximum absolute atomic E-state index is 12.2. The van der Waals surface area contributed by atoms with Gasteiger partial charge in [-0.15, -0.1) is 11.6 Å². The standard InChI is InChI=1S/C8H4ClF6N/c9-3-5-1-4(7(10,11)12)2-6(16-5)8(13,14)15/h1-2H,3H2. The Balaban J connectivity index is 3.33. The Hall–Kier alpha value is -0.980. The van der Waals surface area contributed by atoms with E-state index in [1.165, 1.54) is 0 Å². The van der Waals surface area contributed by atoms with Gasteiger partial charge in [-0.25, -0.2) is 4.98 Å². The van der Waals surface area contributed by atoms with Gasteiger partial charge in [-0.05, 0) is 12.1 Å². The van der Waals surface area contributed by atoms with Crippen LogP contribution in [0.3, 0.4) is 0 Å². The largest absolute Gasteiger partial charge is 0.433 e. The van der Waals surface area contributed by atoms with Crippen molar-refractivity contribution < 1.29 is 26.3 Å². The predicted octanol–water partition coefficient (Wildman–Crippen LogP) is 3.86. The Labute approximate surface area is 91.0 Å². The molecule has 0 aromatic carbocycles. The Bertz CT molecular complexity index is 351. The van der Waals surface area contributed by atoms with Crippen molar-refractivity contribution in [2.75, 3.05) is 0 Å². The molecule has 0 saturated heterocycles. The quantitative estimate of drug-likeness (QED) is 0.554. The van der Waals surface area contributed by atoms with Gasteiger partial charge in [0.15, 0.2) is 0 Å². The molecule has 0 saturated carbocycles. The molecule has 0 aliphatic heterocycles. The number of rotatable bonds is 1. The van der Waals surface area contributed by atoms with E-state index in [1.54, 1.807) is 0 Å². The minimum absolute atomic E-state index is 0.0456. The van der Waals surface area contributed by atoms with Crippen LogP contribution in [0.1, 0.15) is 17.0 Å². The zero-order valence-corrected chi connectivity index (χ0v) is 8.21. The van der Waals surface area contributed by atoms with E-state index in [0.29, 0.717) is 6.07 Å². The highest BCUT2D eigenvalue weighted by atomic mass is 35.5. The zero-order chi connectivity index (χ0) is 12.6. The van der Waals surface area contributed by atoms with E-state index in [1.807, 2.05) is 0 Å². The maximum atomic E-state index is 12.2. The summed E-state index contributed by atoms with van der Waals surface area (Å²) in [5, 5.41) is 0. The zero-order valence-electron chi connectivity index (χ0n) is 7.45. The molecule has 1 heterocycles. The smallest absolute Gasteiger partial charge is 0.247 e. The van der Waals surface area contributed by atoms with Crippen molar-refractivity contribution in [3.05, 3.63) is 29.1 Å². The van der Waals surface area contributed by atoms with Crippen molar-refractivity contribution >= 4 is 11.6 Å². The third kappa shape index (κ3) is 3.01. The first-order chi connectivity index (χ1) is 7.14. The lowest BCUT2D eigenvalue weighted by Crippen LogP contribution is -2.14. The Morgan fingerprint density at radius 1 is 1.00 bits per heavy atom. The van der Waals surface area contributed by atoms with Crippen LogP contribution in [0, 0.1) is 0 Å². The highest BCUT2D eigenvalue weighted by Crippen LogP contribution is 2.34. The molecule has 16 heavy (non-hydrogen) atoms. The summed E-state index contributed by atoms with van der Waals surface area (Å²) in [4.78, 5) is 2.98. The Morgan fingerprint density at radius 3 is 1.94 bits per heavy atom. The molecule has 90 valence electrons. The lowest BCUT2D eigenvalue weighted by atomic mass is 10.2. The molecule has 0 aliphatic rings. The van der Waals surface area contributed by atoms with Gasteiger partial charge in [-0.2, -0.15) is 26.3 Å². The molecule has 0 bridgehead atoms. The lowest BCUT2D eigenvalue weighted by Gasteiger charge is -2.12. The molecule has 0 aliphatic carbocycles. The first kappa shape index (κ1) is 13.1. The van der Waals surface area contributed by atoms with Crippen molar-refractivity contribution in [1.82, 2.24) is 4.98 Å². The van der Waals surface area contributed by atoms with Crippen molar-refractivity contribution in [2.24, 2.45) is 0 Å². The molecule has 0 amide bonds. The van der Waals surface area contributed by atoms with Crippen LogP contribution in [0.2, 0.25) is 0 Å². The summed E-state index contributed by atoms with van der Waals surface area (Å²) in [6.07, 6.45) is -9.79. The van der Waals surface area contributed by atoms with Gasteiger partial charge in [0.2, 0.25) is 0 Å². The van der Waals surface area contributed by atoms with Gasteiger partial charge in [0.25, 0.3) is 0 Å². The van der Waals surface area contributed by atoms with E-state index >= 15 is 0 Å². The molecule has 0 atom stereocenters. The topological polar surface area (TPSA) is 12.9 Å². The molecule has 1 aromatic rings. The summed E-state index contributed by atoms with van der Waals surface area (Å²) in [5.74, 6) is -0.521. The van der Waals surface area contributed by atoms with E-state index in [4.69, 9.17) is 11.6 Å². The average Bonchev–Trinajstić information content (AvgIpc) is 2.14. The maximum Gasteiger partial charge on any atom is 0.433 e. The van der Waals surface area contributed by atoms with Crippen LogP contribution in [0.15, 0.2) is 12.1 Å². The van der Waals surface area contributed by atoms with Crippen LogP contribution >= 0.6 is 11.6 Å². The fourth-order valence-corrected chi connectivity index (χ4v) is 1.10. The van der Waals surface area contributed by atoms with Crippen molar-refractivity contribution in [1.29, 1.82) is 0 Å². The second-order valence-electron chi connectivity index (χ2n) is 2.86. The number of hydrogen-bond acceptors (Lipinski definition) is 1. The molecule has 8 heteroatoms. The molecule has 0 N–H and O–H groups in total. The minimum Gasteiger partial charge on any atom is -0.247 e. The van der Waals surface area contributed by atoms with Gasteiger partial charge in [-0.3, -0.25) is 0 Å². The fourth-order valence-electron chi connectivity index (χ4n) is 0.965. The number of pyridine rings is 1. The number of nitrogens with zero attached hydrogens (tertiary/aromatic N) is 1. The number of alkyl halides is 7. The highest BCUT2D eigenvalue weighted by Gasteiger charge is 2.38. The average molecular weight is 264 g/mol. The molecule has 0 unspecified atom stereocenters. The van der Waals surface area contributed by atoms with Gasteiger partial charge >= 0.3 is 12.4 Å². The summed E-state index contributed by atoms with van der Waals surface area (Å²) >= 11 is 5.17. The van der Waals surface area contributed by atoms with Gasteiger partial charge in [0.1, 0.15) is 5.69 Å². The summed E-state index contributed by atoms with van der Waals surface area (Å²) in [6, 6.07) is 0.443. The normalized spacial score (nSPS) is 12.9. The third-order valence-corrected chi connectivity index (χ3v) is 1.91. The van der Waals surface area contributed by atoms with Crippen molar-refractivity contribution in [3.63, 3.8) is 0 Å². The monoisotopic (exact) mass is 263 g/mol. The summed E-state index contributed by atoms with van der Waals surface area (Å²) in [5.41, 5.74) is -3.48. The van der Waals surface area contributed by atoms with Gasteiger partial charge in [0, 0.05) is 0 Å². The summed E-state index contributed by atoms with van der Waals surface area (Å²) < 4.78 is 73.3. The van der Waals surface area contributed by atoms with Crippen LogP contribution in [-0.4, -0.2) is 4.98 Å². The fraction of sp³-hybridized carbons (Fsp3) is 0.375. The molecule has 0 spiro atoms. The molecule has 1 nitrogen and oxygen atoms in total. The Morgan fingerprint density at radius 2 is 1.56 bits per heavy atom. The van der Waals surface area contributed by atoms with Crippen LogP contribution < -0.4 is 0 Å². The number of hydrogen-bond donors (Lipinski definition) is 0. The Kier molecular flexibility index (Phi) is 3.37. The van der Waals surface area contributed by atoms with Gasteiger partial charge in [0.05, 0.1) is 17.1 Å². The summed E-state index contributed by atoms with van der Waals surface area (Å²) in [7, 11) is 0. The van der Waals surface area contributed by atoms with E-state index in [2.05, 4.69) is 4.98 Å². The molecule has 0 fully saturated rings. The molecule has 0 radical (unpaired) electrons. The molecule has 1 aromatic heterocycles. The van der Waals surface area contributed by atoms with E-state index in [-0.39, 0.29) is 6.07 Å². The van der Waals surface area contributed by atoms with Crippen molar-refractivity contribution in [3.8, 4) is 0 Å². The van der Waals surface area contributed by atoms with Crippen LogP contribution in [-0.2, 0) is 18.2 Å². The third-order valence-electron chi connectivity index (χ3n) is 1.63. The van der Waals surface area contributed by atoms with Crippen molar-refractivity contribution in [2.45, 2.75) is 18.2 Å². The van der Waals surface area contributed by atoms with E-state index < -0.39 is 35.2 Å². The first-order valence-electron chi connectivity index (χ1n) is 3.86. The second-order valence-corrected chi connectivity index (χ2v) is 3.13. The SMILES string of the molecule is FC(F)(F)c1cc(CCl)nc(C(F)(F)F)c1. The van der Waals surface area contributed by atoms with Crippen LogP contribution in [0.25, 0.3) is 0 Å². The minimum atomic E-state index is -4.93. The predicted molar refractivity (Wildman–Crippen MR) is 43.8 cm³/mol. The number of aromatic nitrogens is 1. The van der Waals surface area contributed by atoms with Gasteiger partial charge in [-0.1, -0.05) is 0 Å². The van der Waals surface area contributed by atoms with Crippen LogP contribution in [0.4, 0.5) is 26.3 Å². The molecular weight excluding hydrogens is 260 g/mol. The highest BCUT2D eigenvalue weighted by molar-refractivity contribution is 6.16. The van der Waals surface area contributed by atoms with E-state index in [0.717, 1.165) is 0 Å². The van der Waals surface area contributed by atoms with Crippen LogP contribution in [0.5, 0.6) is 0 Å². The molecule has 1 rings (SSSR count). The van der Waals surface area contributed by atoms with Gasteiger partial charge < -0.3 is 0 Å². The lowest BCUT2D eigenvalue weighted by molar-refractivity contribution is -0.145. The second kappa shape index (κ2) is 4.12. The summed E-state index contributed by atoms with van der Waals surface area (Å²) in [6.45, 7) is 0. The molecular formula is C8H4ClF6N.